The Balaban J connectivity index is 0.903. The molecule has 0 spiro atoms. The first-order valence-electron chi connectivity index (χ1n) is 36.2. The molecule has 0 bridgehead atoms. The van der Waals surface area contributed by atoms with Crippen LogP contribution in [0.2, 0.25) is 0 Å². The van der Waals surface area contributed by atoms with Gasteiger partial charge >= 0.3 is 0 Å². The Kier molecular flexibility index (Phi) is 18.8. The lowest BCUT2D eigenvalue weighted by Gasteiger charge is -2.34. The number of ketones is 2. The van der Waals surface area contributed by atoms with Crippen molar-refractivity contribution in [2.75, 3.05) is 0 Å². The van der Waals surface area contributed by atoms with Crippen molar-refractivity contribution in [1.29, 1.82) is 21.0 Å². The van der Waals surface area contributed by atoms with Crippen molar-refractivity contribution in [2.45, 2.75) is 128 Å². The Morgan fingerprint density at radius 3 is 1.09 bits per heavy atom. The molecule has 2 unspecified atom stereocenters. The van der Waals surface area contributed by atoms with Crippen LogP contribution >= 0.6 is 68.0 Å². The Morgan fingerprint density at radius 1 is 0.375 bits per heavy atom. The number of allylic oxidation sites excluding steroid dienone is 6. The third-order valence-corrected chi connectivity index (χ3v) is 29.1. The summed E-state index contributed by atoms with van der Waals surface area (Å²) in [5.41, 5.74) is 17.2. The SMILES string of the molecule is CCCCCCCCc1ccc(C2(c3ccc(C)cc3)c3cc(-c4ccc(/C=C5\C(=O)c6ccccc6C5=C(C#N)C#N)s4)sc3-c3sc4c5c(sc4c32)-c2sc(-c3ccc(/C=C4\C(=O)c6ccccc6C4=C(C#N)C#N)s3)cc2C5(c2ccc(C)cc2)c2ccc(CCCCCCCC)cc2)cc1. The van der Waals surface area contributed by atoms with Gasteiger partial charge in [-0.2, -0.15) is 21.0 Å². The molecule has 0 amide bonds. The van der Waals surface area contributed by atoms with Crippen molar-refractivity contribution in [3.05, 3.63) is 303 Å². The van der Waals surface area contributed by atoms with Crippen LogP contribution in [0.1, 0.15) is 199 Å². The summed E-state index contributed by atoms with van der Waals surface area (Å²) in [7, 11) is 0. The molecular formula is C92H72N4O2S6. The summed E-state index contributed by atoms with van der Waals surface area (Å²) in [6, 6.07) is 74.2. The summed E-state index contributed by atoms with van der Waals surface area (Å²) in [6.45, 7) is 8.90. The van der Waals surface area contributed by atoms with Crippen molar-refractivity contribution in [3.8, 4) is 63.3 Å². The standard InChI is InChI=1S/C92H72N4O2S6/c1-5-7-9-11-13-15-21-57-31-39-63(40-32-57)91(61-35-27-55(3)28-36-61)73-49-77(75-45-43-65(99-75)47-71-79(59(51-93)52-94)67-23-17-19-25-69(67)83(71)97)101-85(73)87-81(91)89-90(103-87)82-88(104-89)86-74(92(82,62-37-29-56(4)30-38-62)64-41-33-58(34-42-64)22-16-14-12-10-8-6-2)50-78(102-86)76-46-44-66(100-76)48-72-80(60(53-95)54-96)68-24-18-20-26-70(68)84(72)98/h17-20,23-50H,5-16,21-22H2,1-4H3/b71-47-,72-48-. The number of hydrogen-bond donors (Lipinski definition) is 0. The van der Waals surface area contributed by atoms with E-state index in [1.54, 1.807) is 34.8 Å². The number of carbonyl (C=O) groups is 2. The summed E-state index contributed by atoms with van der Waals surface area (Å²) in [6.07, 6.45) is 20.7. The van der Waals surface area contributed by atoms with E-state index < -0.39 is 10.8 Å². The maximum absolute atomic E-state index is 14.2. The second-order valence-electron chi connectivity index (χ2n) is 27.9. The minimum atomic E-state index is -0.744. The molecule has 0 saturated heterocycles. The monoisotopic (exact) mass is 1460 g/mol. The molecule has 2 atom stereocenters. The molecular weight excluding hydrogens is 1390 g/mol. The van der Waals surface area contributed by atoms with Gasteiger partial charge in [-0.3, -0.25) is 9.59 Å². The number of hydrogen-bond acceptors (Lipinski definition) is 12. The van der Waals surface area contributed by atoms with Crippen molar-refractivity contribution < 1.29 is 9.59 Å². The number of benzene rings is 6. The molecule has 6 nitrogen and oxygen atoms in total. The second-order valence-corrected chi connectivity index (χ2v) is 34.2. The van der Waals surface area contributed by atoms with Crippen LogP contribution in [0.15, 0.2) is 204 Å². The first-order valence-corrected chi connectivity index (χ1v) is 41.1. The molecule has 16 rings (SSSR count). The van der Waals surface area contributed by atoms with Crippen LogP contribution in [0.25, 0.3) is 71.7 Å². The fourth-order valence-electron chi connectivity index (χ4n) is 16.4. The molecule has 6 heterocycles. The van der Waals surface area contributed by atoms with E-state index in [9.17, 15) is 30.6 Å². The quantitative estimate of drug-likeness (QED) is 0.0377. The second kappa shape index (κ2) is 28.6. The molecule has 12 aromatic rings. The Bertz CT molecular complexity index is 5370. The van der Waals surface area contributed by atoms with E-state index in [0.717, 1.165) is 54.9 Å². The van der Waals surface area contributed by atoms with Crippen LogP contribution in [0, 0.1) is 59.2 Å². The minimum absolute atomic E-state index is 0.0777. The maximum atomic E-state index is 14.2. The number of nitriles is 4. The summed E-state index contributed by atoms with van der Waals surface area (Å²) < 4.78 is 2.59. The smallest absolute Gasteiger partial charge is 0.194 e. The highest BCUT2D eigenvalue weighted by Crippen LogP contribution is 2.71. The predicted octanol–water partition coefficient (Wildman–Crippen LogP) is 25.9. The maximum Gasteiger partial charge on any atom is 0.194 e. The predicted molar refractivity (Wildman–Crippen MR) is 434 cm³/mol. The molecule has 0 aliphatic heterocycles. The van der Waals surface area contributed by atoms with Crippen LogP contribution in [-0.2, 0) is 23.7 Å². The molecule has 0 radical (unpaired) electrons. The van der Waals surface area contributed by atoms with Gasteiger partial charge in [-0.15, -0.1) is 68.0 Å². The molecule has 4 aliphatic carbocycles. The highest BCUT2D eigenvalue weighted by Gasteiger charge is 2.55. The van der Waals surface area contributed by atoms with Gasteiger partial charge in [0.25, 0.3) is 0 Å². The number of carbonyl (C=O) groups excluding carboxylic acids is 2. The molecule has 12 heteroatoms. The summed E-state index contributed by atoms with van der Waals surface area (Å²) in [5, 5.41) is 40.9. The van der Waals surface area contributed by atoms with Gasteiger partial charge in [0.15, 0.2) is 11.6 Å². The lowest BCUT2D eigenvalue weighted by molar-refractivity contribution is 0.103. The summed E-state index contributed by atoms with van der Waals surface area (Å²) in [4.78, 5) is 39.7. The van der Waals surface area contributed by atoms with Crippen LogP contribution in [0.4, 0.5) is 0 Å². The summed E-state index contributed by atoms with van der Waals surface area (Å²) >= 11 is 10.8. The molecule has 508 valence electrons. The normalized spacial score (nSPS) is 16.7. The minimum Gasteiger partial charge on any atom is -0.289 e. The zero-order valence-corrected chi connectivity index (χ0v) is 63.3. The van der Waals surface area contributed by atoms with E-state index in [2.05, 4.69) is 185 Å². The highest BCUT2D eigenvalue weighted by molar-refractivity contribution is 7.35. The highest BCUT2D eigenvalue weighted by atomic mass is 32.1. The van der Waals surface area contributed by atoms with Gasteiger partial charge in [-0.05, 0) is 144 Å². The number of nitrogens with zero attached hydrogens (tertiary/aromatic N) is 4. The number of fused-ring (bicyclic) bond motifs is 11. The van der Waals surface area contributed by atoms with E-state index in [4.69, 9.17) is 0 Å². The van der Waals surface area contributed by atoms with Gasteiger partial charge in [0.1, 0.15) is 35.4 Å². The van der Waals surface area contributed by atoms with E-state index >= 15 is 0 Å². The molecule has 6 aromatic heterocycles. The van der Waals surface area contributed by atoms with Crippen molar-refractivity contribution in [3.63, 3.8) is 0 Å². The lowest BCUT2D eigenvalue weighted by atomic mass is 9.67. The number of unbranched alkanes of at least 4 members (excludes halogenated alkanes) is 10. The Labute approximate surface area is 632 Å². The number of rotatable bonds is 22. The van der Waals surface area contributed by atoms with Crippen molar-refractivity contribution >= 4 is 112 Å². The Hall–Kier alpha value is -9.96. The topological polar surface area (TPSA) is 129 Å². The molecule has 104 heavy (non-hydrogen) atoms. The molecule has 6 aromatic carbocycles. The third-order valence-electron chi connectivity index (χ3n) is 21.5. The van der Waals surface area contributed by atoms with Gasteiger partial charge in [-0.1, -0.05) is 235 Å². The lowest BCUT2D eigenvalue weighted by Crippen LogP contribution is -2.29. The van der Waals surface area contributed by atoms with Gasteiger partial charge < -0.3 is 0 Å². The van der Waals surface area contributed by atoms with Crippen molar-refractivity contribution in [2.24, 2.45) is 0 Å². The average molecular weight is 1460 g/mol. The first-order chi connectivity index (χ1) is 50.9. The van der Waals surface area contributed by atoms with Gasteiger partial charge in [0.2, 0.25) is 0 Å². The molecule has 0 saturated carbocycles. The Morgan fingerprint density at radius 2 is 0.721 bits per heavy atom. The number of aryl methyl sites for hydroxylation is 4. The molecule has 0 N–H and O–H groups in total. The summed E-state index contributed by atoms with van der Waals surface area (Å²) in [5.74, 6) is -0.385. The van der Waals surface area contributed by atoms with E-state index in [-0.39, 0.29) is 22.7 Å². The largest absolute Gasteiger partial charge is 0.289 e. The van der Waals surface area contributed by atoms with Gasteiger partial charge in [0.05, 0.1) is 39.7 Å². The van der Waals surface area contributed by atoms with Gasteiger partial charge in [-0.25, -0.2) is 0 Å². The van der Waals surface area contributed by atoms with Gasteiger partial charge in [0, 0.05) is 73.8 Å². The van der Waals surface area contributed by atoms with E-state index in [1.807, 2.05) is 93.9 Å². The average Bonchev–Trinajstić information content (AvgIpc) is 1.48. The first kappa shape index (κ1) is 68.5. The fourth-order valence-corrected chi connectivity index (χ4v) is 24.3. The fraction of sp³-hybridized carbons (Fsp3) is 0.217. The number of Topliss-reactive ketones (excluding diaryl/α,β-unsaturated/α-hetero) is 2. The van der Waals surface area contributed by atoms with Crippen LogP contribution < -0.4 is 0 Å². The van der Waals surface area contributed by atoms with Crippen LogP contribution in [-0.4, -0.2) is 11.6 Å². The zero-order valence-electron chi connectivity index (χ0n) is 58.4. The zero-order chi connectivity index (χ0) is 71.4. The van der Waals surface area contributed by atoms with E-state index in [0.29, 0.717) is 44.5 Å². The van der Waals surface area contributed by atoms with Crippen molar-refractivity contribution in [1.82, 2.24) is 0 Å². The molecule has 4 aliphatic rings. The van der Waals surface area contributed by atoms with Crippen LogP contribution in [0.3, 0.4) is 0 Å². The third kappa shape index (κ3) is 11.5. The number of thiophene rings is 6. The van der Waals surface area contributed by atoms with E-state index in [1.165, 1.54) is 160 Å². The van der Waals surface area contributed by atoms with Crippen LogP contribution in [0.5, 0.6) is 0 Å². The molecule has 0 fully saturated rings.